The van der Waals surface area contributed by atoms with Crippen molar-refractivity contribution in [3.8, 4) is 0 Å². The van der Waals surface area contributed by atoms with Crippen LogP contribution in [0.25, 0.3) is 0 Å². The monoisotopic (exact) mass is 215 g/mol. The fourth-order valence-electron chi connectivity index (χ4n) is 1.70. The fourth-order valence-corrected chi connectivity index (χ4v) is 1.70. The lowest BCUT2D eigenvalue weighted by Gasteiger charge is -2.13. The Kier molecular flexibility index (Phi) is 2.88. The van der Waals surface area contributed by atoms with Gasteiger partial charge in [0.25, 0.3) is 0 Å². The average Bonchev–Trinajstić information content (AvgIpc) is 2.29. The van der Waals surface area contributed by atoms with Crippen LogP contribution in [0.3, 0.4) is 0 Å². The van der Waals surface area contributed by atoms with Gasteiger partial charge in [0.1, 0.15) is 6.10 Å². The zero-order chi connectivity index (χ0) is 11.5. The van der Waals surface area contributed by atoms with Crippen LogP contribution in [0.5, 0.6) is 0 Å². The van der Waals surface area contributed by atoms with E-state index in [0.717, 1.165) is 11.1 Å². The molecule has 0 spiro atoms. The van der Waals surface area contributed by atoms with Crippen molar-refractivity contribution in [2.24, 2.45) is 0 Å². The molecule has 0 unspecified atom stereocenters. The van der Waals surface area contributed by atoms with Crippen molar-refractivity contribution in [1.29, 1.82) is 0 Å². The smallest absolute Gasteiger partial charge is 0.248 e. The molecule has 0 aliphatic rings. The van der Waals surface area contributed by atoms with E-state index in [-0.39, 0.29) is 5.56 Å². The van der Waals surface area contributed by atoms with Crippen molar-refractivity contribution in [3.63, 3.8) is 0 Å². The second kappa shape index (κ2) is 4.33. The lowest BCUT2D eigenvalue weighted by Crippen LogP contribution is -2.10. The predicted octanol–water partition coefficient (Wildman–Crippen LogP) is 1.77. The van der Waals surface area contributed by atoms with Crippen molar-refractivity contribution in [2.75, 3.05) is 0 Å². The van der Waals surface area contributed by atoms with Crippen LogP contribution in [0.4, 0.5) is 0 Å². The number of nitrogens with one attached hydrogen (secondary N) is 1. The van der Waals surface area contributed by atoms with Gasteiger partial charge in [-0.3, -0.25) is 4.79 Å². The Labute approximate surface area is 93.4 Å². The molecule has 82 valence electrons. The van der Waals surface area contributed by atoms with Gasteiger partial charge in [-0.05, 0) is 18.6 Å². The topological polar surface area (TPSA) is 53.1 Å². The highest BCUT2D eigenvalue weighted by molar-refractivity contribution is 5.31. The molecule has 0 saturated heterocycles. The van der Waals surface area contributed by atoms with Gasteiger partial charge in [0.05, 0.1) is 0 Å². The molecule has 0 fully saturated rings. The summed E-state index contributed by atoms with van der Waals surface area (Å²) in [5.74, 6) is 0. The Balaban J connectivity index is 2.42. The van der Waals surface area contributed by atoms with Crippen LogP contribution >= 0.6 is 0 Å². The SMILES string of the molecule is Cc1[nH]c(=O)ccc1[C@@H](O)c1ccccc1. The second-order valence-electron chi connectivity index (χ2n) is 3.72. The van der Waals surface area contributed by atoms with E-state index in [9.17, 15) is 9.90 Å². The number of aliphatic hydroxyl groups excluding tert-OH is 1. The van der Waals surface area contributed by atoms with E-state index in [1.165, 1.54) is 6.07 Å². The number of H-pyrrole nitrogens is 1. The first-order valence-electron chi connectivity index (χ1n) is 5.11. The van der Waals surface area contributed by atoms with Crippen molar-refractivity contribution < 1.29 is 5.11 Å². The second-order valence-corrected chi connectivity index (χ2v) is 3.72. The minimum Gasteiger partial charge on any atom is -0.384 e. The van der Waals surface area contributed by atoms with Crippen molar-refractivity contribution >= 4 is 0 Å². The molecule has 16 heavy (non-hydrogen) atoms. The van der Waals surface area contributed by atoms with Crippen LogP contribution in [0.2, 0.25) is 0 Å². The van der Waals surface area contributed by atoms with Gasteiger partial charge in [-0.15, -0.1) is 0 Å². The number of aromatic amines is 1. The first-order chi connectivity index (χ1) is 7.68. The summed E-state index contributed by atoms with van der Waals surface area (Å²) in [7, 11) is 0. The summed E-state index contributed by atoms with van der Waals surface area (Å²) in [6.07, 6.45) is -0.696. The van der Waals surface area contributed by atoms with Gasteiger partial charge in [-0.1, -0.05) is 30.3 Å². The molecule has 2 rings (SSSR count). The Morgan fingerprint density at radius 3 is 2.44 bits per heavy atom. The number of hydrogen-bond donors (Lipinski definition) is 2. The summed E-state index contributed by atoms with van der Waals surface area (Å²) in [6.45, 7) is 1.78. The van der Waals surface area contributed by atoms with Crippen LogP contribution < -0.4 is 5.56 Å². The Hall–Kier alpha value is -1.87. The number of benzene rings is 1. The number of aromatic nitrogens is 1. The molecule has 0 aliphatic carbocycles. The molecule has 0 saturated carbocycles. The Morgan fingerprint density at radius 2 is 1.81 bits per heavy atom. The summed E-state index contributed by atoms with van der Waals surface area (Å²) in [5, 5.41) is 10.1. The summed E-state index contributed by atoms with van der Waals surface area (Å²) >= 11 is 0. The van der Waals surface area contributed by atoms with Crippen LogP contribution in [-0.2, 0) is 0 Å². The minimum absolute atomic E-state index is 0.151. The maximum absolute atomic E-state index is 11.1. The molecule has 3 heteroatoms. The van der Waals surface area contributed by atoms with Crippen molar-refractivity contribution in [2.45, 2.75) is 13.0 Å². The molecule has 2 aromatic rings. The zero-order valence-electron chi connectivity index (χ0n) is 8.97. The summed E-state index contributed by atoms with van der Waals surface area (Å²) in [5.41, 5.74) is 2.09. The number of aliphatic hydroxyl groups is 1. The number of hydrogen-bond acceptors (Lipinski definition) is 2. The predicted molar refractivity (Wildman–Crippen MR) is 62.3 cm³/mol. The maximum Gasteiger partial charge on any atom is 0.248 e. The van der Waals surface area contributed by atoms with Gasteiger partial charge < -0.3 is 10.1 Å². The van der Waals surface area contributed by atoms with Gasteiger partial charge in [0.2, 0.25) is 5.56 Å². The van der Waals surface area contributed by atoms with Crippen LogP contribution in [0, 0.1) is 6.92 Å². The van der Waals surface area contributed by atoms with E-state index in [1.54, 1.807) is 13.0 Å². The molecular weight excluding hydrogens is 202 g/mol. The molecule has 0 aliphatic heterocycles. The van der Waals surface area contributed by atoms with E-state index in [1.807, 2.05) is 30.3 Å². The number of pyridine rings is 1. The maximum atomic E-state index is 11.1. The van der Waals surface area contributed by atoms with E-state index in [2.05, 4.69) is 4.98 Å². The summed E-state index contributed by atoms with van der Waals surface area (Å²) < 4.78 is 0. The highest BCUT2D eigenvalue weighted by atomic mass is 16.3. The fraction of sp³-hybridized carbons (Fsp3) is 0.154. The molecule has 0 radical (unpaired) electrons. The first-order valence-corrected chi connectivity index (χ1v) is 5.11. The highest BCUT2D eigenvalue weighted by Gasteiger charge is 2.12. The van der Waals surface area contributed by atoms with E-state index in [0.29, 0.717) is 5.69 Å². The molecule has 1 heterocycles. The Bertz CT molecular complexity index is 531. The molecule has 3 nitrogen and oxygen atoms in total. The number of rotatable bonds is 2. The van der Waals surface area contributed by atoms with Crippen molar-refractivity contribution in [3.05, 3.63) is 69.6 Å². The van der Waals surface area contributed by atoms with Crippen LogP contribution in [-0.4, -0.2) is 10.1 Å². The standard InChI is InChI=1S/C13H13NO2/c1-9-11(7-8-12(15)14-9)13(16)10-5-3-2-4-6-10/h2-8,13,16H,1H3,(H,14,15)/t13-/m0/s1. The quantitative estimate of drug-likeness (QED) is 0.802. The van der Waals surface area contributed by atoms with E-state index < -0.39 is 6.10 Å². The first kappa shape index (κ1) is 10.6. The normalized spacial score (nSPS) is 12.4. The summed E-state index contributed by atoms with van der Waals surface area (Å²) in [4.78, 5) is 13.7. The molecule has 1 atom stereocenters. The lowest BCUT2D eigenvalue weighted by molar-refractivity contribution is 0.219. The van der Waals surface area contributed by atoms with E-state index in [4.69, 9.17) is 0 Å². The summed E-state index contributed by atoms with van der Waals surface area (Å²) in [6, 6.07) is 12.4. The van der Waals surface area contributed by atoms with Gasteiger partial charge in [-0.25, -0.2) is 0 Å². The van der Waals surface area contributed by atoms with Crippen molar-refractivity contribution in [1.82, 2.24) is 4.98 Å². The highest BCUT2D eigenvalue weighted by Crippen LogP contribution is 2.22. The third kappa shape index (κ3) is 2.04. The molecule has 1 aromatic heterocycles. The zero-order valence-corrected chi connectivity index (χ0v) is 8.97. The van der Waals surface area contributed by atoms with Crippen LogP contribution in [0.15, 0.2) is 47.3 Å². The Morgan fingerprint density at radius 1 is 1.12 bits per heavy atom. The number of aryl methyl sites for hydroxylation is 1. The molecule has 1 aromatic carbocycles. The molecule has 2 N–H and O–H groups in total. The lowest BCUT2D eigenvalue weighted by atomic mass is 10.0. The molecular formula is C13H13NO2. The van der Waals surface area contributed by atoms with Gasteiger partial charge >= 0.3 is 0 Å². The molecule has 0 amide bonds. The van der Waals surface area contributed by atoms with E-state index >= 15 is 0 Å². The minimum atomic E-state index is -0.696. The van der Waals surface area contributed by atoms with Gasteiger partial charge in [0.15, 0.2) is 0 Å². The van der Waals surface area contributed by atoms with Gasteiger partial charge in [-0.2, -0.15) is 0 Å². The largest absolute Gasteiger partial charge is 0.384 e. The average molecular weight is 215 g/mol. The third-order valence-corrected chi connectivity index (χ3v) is 2.57. The van der Waals surface area contributed by atoms with Gasteiger partial charge in [0, 0.05) is 17.3 Å². The third-order valence-electron chi connectivity index (χ3n) is 2.57. The molecule has 0 bridgehead atoms. The van der Waals surface area contributed by atoms with Crippen LogP contribution in [0.1, 0.15) is 22.9 Å².